The first-order valence-electron chi connectivity index (χ1n) is 8.17. The van der Waals surface area contributed by atoms with Gasteiger partial charge in [-0.1, -0.05) is 20.8 Å². The number of carbonyl (C=O) groups is 2. The van der Waals surface area contributed by atoms with Gasteiger partial charge in [-0.05, 0) is 42.2 Å². The van der Waals surface area contributed by atoms with Gasteiger partial charge in [0.1, 0.15) is 0 Å². The second-order valence-electron chi connectivity index (χ2n) is 7.85. The Bertz CT molecular complexity index is 614. The third-order valence-electron chi connectivity index (χ3n) is 5.35. The molecule has 1 aromatic heterocycles. The Balaban J connectivity index is 1.62. The molecule has 23 heavy (non-hydrogen) atoms. The molecule has 5 nitrogen and oxygen atoms in total. The number of carbonyl (C=O) groups excluding carboxylic acids is 2. The van der Waals surface area contributed by atoms with E-state index in [1.165, 1.54) is 6.20 Å². The Morgan fingerprint density at radius 1 is 1.39 bits per heavy atom. The molecule has 1 amide bonds. The van der Waals surface area contributed by atoms with Crippen molar-refractivity contribution in [2.24, 2.45) is 10.8 Å². The molecule has 2 aliphatic rings. The van der Waals surface area contributed by atoms with E-state index >= 15 is 0 Å². The Labute approximate surface area is 137 Å². The summed E-state index contributed by atoms with van der Waals surface area (Å²) >= 11 is 0. The van der Waals surface area contributed by atoms with Crippen LogP contribution < -0.4 is 0 Å². The number of fused-ring (bicyclic) bond motifs is 2. The van der Waals surface area contributed by atoms with Gasteiger partial charge in [-0.2, -0.15) is 0 Å². The Hall–Kier alpha value is -1.91. The van der Waals surface area contributed by atoms with Crippen molar-refractivity contribution in [2.75, 3.05) is 13.2 Å². The molecular weight excluding hydrogens is 292 g/mol. The number of aromatic nitrogens is 1. The fraction of sp³-hybridized carbons (Fsp3) is 0.611. The fourth-order valence-corrected chi connectivity index (χ4v) is 4.38. The topological polar surface area (TPSA) is 59.5 Å². The largest absolute Gasteiger partial charge is 0.452 e. The lowest BCUT2D eigenvalue weighted by Crippen LogP contribution is -2.49. The maximum absolute atomic E-state index is 12.5. The third kappa shape index (κ3) is 3.09. The van der Waals surface area contributed by atoms with Crippen molar-refractivity contribution in [1.82, 2.24) is 9.88 Å². The van der Waals surface area contributed by atoms with Crippen molar-refractivity contribution in [3.63, 3.8) is 0 Å². The molecule has 0 N–H and O–H groups in total. The van der Waals surface area contributed by atoms with Crippen molar-refractivity contribution in [3.05, 3.63) is 30.1 Å². The highest BCUT2D eigenvalue weighted by atomic mass is 16.5. The van der Waals surface area contributed by atoms with E-state index in [2.05, 4.69) is 25.8 Å². The van der Waals surface area contributed by atoms with E-state index in [0.717, 1.165) is 25.8 Å². The summed E-state index contributed by atoms with van der Waals surface area (Å²) in [5.41, 5.74) is 0.832. The van der Waals surface area contributed by atoms with Gasteiger partial charge in [-0.15, -0.1) is 0 Å². The summed E-state index contributed by atoms with van der Waals surface area (Å²) in [6.07, 6.45) is 6.25. The van der Waals surface area contributed by atoms with Gasteiger partial charge in [-0.3, -0.25) is 9.78 Å². The number of ether oxygens (including phenoxy) is 1. The molecule has 2 fully saturated rings. The summed E-state index contributed by atoms with van der Waals surface area (Å²) in [6, 6.07) is 3.54. The zero-order valence-electron chi connectivity index (χ0n) is 14.0. The smallest absolute Gasteiger partial charge is 0.340 e. The molecule has 0 aromatic carbocycles. The van der Waals surface area contributed by atoms with Gasteiger partial charge in [-0.25, -0.2) is 4.79 Å². The molecule has 1 saturated carbocycles. The molecule has 1 aliphatic carbocycles. The monoisotopic (exact) mass is 316 g/mol. The summed E-state index contributed by atoms with van der Waals surface area (Å²) in [5.74, 6) is -0.594. The van der Waals surface area contributed by atoms with Crippen LogP contribution >= 0.6 is 0 Å². The Morgan fingerprint density at radius 2 is 2.17 bits per heavy atom. The zero-order chi connectivity index (χ0) is 16.7. The lowest BCUT2D eigenvalue weighted by Gasteiger charge is -2.40. The average molecular weight is 316 g/mol. The second kappa shape index (κ2) is 5.62. The lowest BCUT2D eigenvalue weighted by molar-refractivity contribution is -0.140. The van der Waals surface area contributed by atoms with Crippen LogP contribution in [0.15, 0.2) is 24.5 Å². The first kappa shape index (κ1) is 16.0. The third-order valence-corrected chi connectivity index (χ3v) is 5.35. The van der Waals surface area contributed by atoms with Crippen LogP contribution in [0.4, 0.5) is 0 Å². The van der Waals surface area contributed by atoms with Crippen LogP contribution in [0.2, 0.25) is 0 Å². The van der Waals surface area contributed by atoms with Crippen LogP contribution in [0.5, 0.6) is 0 Å². The minimum Gasteiger partial charge on any atom is -0.452 e. The molecule has 2 heterocycles. The fourth-order valence-electron chi connectivity index (χ4n) is 4.38. The van der Waals surface area contributed by atoms with Gasteiger partial charge in [0.2, 0.25) is 0 Å². The standard InChI is InChI=1S/C18H24N2O3/c1-17(2)12-18(3)6-8-20(14(17)9-18)15(21)11-23-16(22)13-5-4-7-19-10-13/h4-5,7,10,14H,6,8-9,11-12H2,1-3H3. The number of hydrogen-bond donors (Lipinski definition) is 0. The van der Waals surface area contributed by atoms with Crippen molar-refractivity contribution in [3.8, 4) is 0 Å². The van der Waals surface area contributed by atoms with Crippen molar-refractivity contribution in [1.29, 1.82) is 0 Å². The highest BCUT2D eigenvalue weighted by Gasteiger charge is 2.53. The minimum absolute atomic E-state index is 0.0933. The van der Waals surface area contributed by atoms with Crippen LogP contribution in [-0.4, -0.2) is 41.0 Å². The van der Waals surface area contributed by atoms with Crippen molar-refractivity contribution >= 4 is 11.9 Å². The number of piperidine rings is 1. The van der Waals surface area contributed by atoms with Gasteiger partial charge < -0.3 is 9.64 Å². The molecule has 1 aliphatic heterocycles. The van der Waals surface area contributed by atoms with Gasteiger partial charge in [0.15, 0.2) is 6.61 Å². The average Bonchev–Trinajstić information content (AvgIpc) is 2.70. The first-order chi connectivity index (χ1) is 10.8. The first-order valence-corrected chi connectivity index (χ1v) is 8.17. The van der Waals surface area contributed by atoms with Crippen LogP contribution in [-0.2, 0) is 9.53 Å². The number of nitrogens with zero attached hydrogens (tertiary/aromatic N) is 2. The molecule has 2 unspecified atom stereocenters. The van der Waals surface area contributed by atoms with Crippen molar-refractivity contribution < 1.29 is 14.3 Å². The molecule has 5 heteroatoms. The molecule has 1 aromatic rings. The summed E-state index contributed by atoms with van der Waals surface area (Å²) in [5, 5.41) is 0. The molecule has 2 atom stereocenters. The van der Waals surface area contributed by atoms with E-state index in [4.69, 9.17) is 4.74 Å². The van der Waals surface area contributed by atoms with Gasteiger partial charge >= 0.3 is 5.97 Å². The summed E-state index contributed by atoms with van der Waals surface area (Å²) in [6.45, 7) is 7.34. The summed E-state index contributed by atoms with van der Waals surface area (Å²) in [4.78, 5) is 30.3. The maximum atomic E-state index is 12.5. The van der Waals surface area contributed by atoms with E-state index in [1.807, 2.05) is 4.90 Å². The van der Waals surface area contributed by atoms with Gasteiger partial charge in [0.25, 0.3) is 5.91 Å². The zero-order valence-corrected chi connectivity index (χ0v) is 14.0. The van der Waals surface area contributed by atoms with Crippen LogP contribution in [0.25, 0.3) is 0 Å². The predicted molar refractivity (Wildman–Crippen MR) is 85.8 cm³/mol. The minimum atomic E-state index is -0.501. The summed E-state index contributed by atoms with van der Waals surface area (Å²) < 4.78 is 5.17. The molecular formula is C18H24N2O3. The molecule has 0 radical (unpaired) electrons. The van der Waals surface area contributed by atoms with Crippen molar-refractivity contribution in [2.45, 2.75) is 46.1 Å². The number of hydrogen-bond acceptors (Lipinski definition) is 4. The highest BCUT2D eigenvalue weighted by molar-refractivity contribution is 5.91. The molecule has 3 rings (SSSR count). The Kier molecular flexibility index (Phi) is 3.90. The van der Waals surface area contributed by atoms with E-state index in [0.29, 0.717) is 11.0 Å². The maximum Gasteiger partial charge on any atom is 0.340 e. The molecule has 124 valence electrons. The van der Waals surface area contributed by atoms with E-state index in [9.17, 15) is 9.59 Å². The van der Waals surface area contributed by atoms with E-state index in [-0.39, 0.29) is 24.0 Å². The predicted octanol–water partition coefficient (Wildman–Crippen LogP) is 2.67. The number of pyridine rings is 1. The lowest BCUT2D eigenvalue weighted by atomic mass is 9.81. The SMILES string of the molecule is CC12CCN(C(=O)COC(=O)c3cccnc3)C(C1)C(C)(C)C2. The van der Waals surface area contributed by atoms with Crippen LogP contribution in [0, 0.1) is 10.8 Å². The second-order valence-corrected chi connectivity index (χ2v) is 7.85. The Morgan fingerprint density at radius 3 is 2.87 bits per heavy atom. The van der Waals surface area contributed by atoms with E-state index < -0.39 is 5.97 Å². The summed E-state index contributed by atoms with van der Waals surface area (Å²) in [7, 11) is 0. The number of amides is 1. The van der Waals surface area contributed by atoms with Gasteiger partial charge in [0.05, 0.1) is 5.56 Å². The quantitative estimate of drug-likeness (QED) is 0.804. The van der Waals surface area contributed by atoms with Gasteiger partial charge in [0, 0.05) is 25.0 Å². The number of rotatable bonds is 3. The number of likely N-dealkylation sites (tertiary alicyclic amines) is 1. The van der Waals surface area contributed by atoms with Crippen LogP contribution in [0.3, 0.4) is 0 Å². The van der Waals surface area contributed by atoms with E-state index in [1.54, 1.807) is 18.3 Å². The van der Waals surface area contributed by atoms with Crippen LogP contribution in [0.1, 0.15) is 50.4 Å². The normalized spacial score (nSPS) is 28.5. The highest BCUT2D eigenvalue weighted by Crippen LogP contribution is 2.55. The molecule has 2 bridgehead atoms. The molecule has 1 saturated heterocycles. The number of esters is 1. The molecule has 0 spiro atoms.